The van der Waals surface area contributed by atoms with Crippen LogP contribution < -0.4 is 5.32 Å². The molecule has 0 bridgehead atoms. The van der Waals surface area contributed by atoms with Gasteiger partial charge in [0.25, 0.3) is 0 Å². The third-order valence-corrected chi connectivity index (χ3v) is 9.25. The van der Waals surface area contributed by atoms with Gasteiger partial charge in [0.1, 0.15) is 24.7 Å². The summed E-state index contributed by atoms with van der Waals surface area (Å²) in [4.78, 5) is 60.9. The minimum Gasteiger partial charge on any atom is -0.459 e. The fourth-order valence-electron chi connectivity index (χ4n) is 6.88. The fourth-order valence-corrected chi connectivity index (χ4v) is 6.88. The standard InChI is InChI=1S/C36H46N4O5/c1-2-22-38(34(42)30-19-10-12-23-39(30)33(41)29-18-9-11-21-37-29)32(25-27-14-5-3-6-15-27)35(43)40-24-13-20-31(40)36(44)45-26-28-16-7-4-8-17-28/h2-8,14-17,29-32,37H,1,9-13,18-26H2/t29-,30+,31+,32-/m1/s1. The molecule has 0 saturated carbocycles. The van der Waals surface area contributed by atoms with Gasteiger partial charge in [-0.05, 0) is 62.6 Å². The molecule has 3 amide bonds. The van der Waals surface area contributed by atoms with Gasteiger partial charge in [-0.2, -0.15) is 0 Å². The Balaban J connectivity index is 1.39. The lowest BCUT2D eigenvalue weighted by Crippen LogP contribution is -2.61. The molecule has 5 rings (SSSR count). The maximum atomic E-state index is 14.5. The number of benzene rings is 2. The first-order valence-corrected chi connectivity index (χ1v) is 16.5. The third kappa shape index (κ3) is 8.00. The van der Waals surface area contributed by atoms with Gasteiger partial charge in [0.05, 0.1) is 6.04 Å². The molecule has 2 aromatic carbocycles. The number of hydrogen-bond donors (Lipinski definition) is 1. The van der Waals surface area contributed by atoms with Crippen molar-refractivity contribution >= 4 is 23.7 Å². The molecule has 4 atom stereocenters. The van der Waals surface area contributed by atoms with E-state index in [9.17, 15) is 19.2 Å². The number of amides is 3. The van der Waals surface area contributed by atoms with Gasteiger partial charge >= 0.3 is 5.97 Å². The summed E-state index contributed by atoms with van der Waals surface area (Å²) >= 11 is 0. The van der Waals surface area contributed by atoms with Crippen molar-refractivity contribution in [3.63, 3.8) is 0 Å². The van der Waals surface area contributed by atoms with Crippen LogP contribution in [0.15, 0.2) is 73.3 Å². The average molecular weight is 615 g/mol. The number of likely N-dealkylation sites (tertiary alicyclic amines) is 2. The van der Waals surface area contributed by atoms with Gasteiger partial charge in [0, 0.05) is 26.1 Å². The van der Waals surface area contributed by atoms with Crippen molar-refractivity contribution < 1.29 is 23.9 Å². The number of rotatable bonds is 11. The van der Waals surface area contributed by atoms with Crippen LogP contribution in [0.5, 0.6) is 0 Å². The molecule has 0 aromatic heterocycles. The van der Waals surface area contributed by atoms with Gasteiger partial charge in [0.15, 0.2) is 0 Å². The van der Waals surface area contributed by atoms with Crippen LogP contribution in [0.1, 0.15) is 62.5 Å². The van der Waals surface area contributed by atoms with E-state index in [0.29, 0.717) is 32.4 Å². The highest BCUT2D eigenvalue weighted by Gasteiger charge is 2.44. The molecule has 45 heavy (non-hydrogen) atoms. The second-order valence-corrected chi connectivity index (χ2v) is 12.3. The quantitative estimate of drug-likeness (QED) is 0.305. The molecule has 0 unspecified atom stereocenters. The van der Waals surface area contributed by atoms with Crippen LogP contribution in [-0.2, 0) is 36.9 Å². The summed E-state index contributed by atoms with van der Waals surface area (Å²) in [5.41, 5.74) is 1.78. The lowest BCUT2D eigenvalue weighted by atomic mass is 9.95. The maximum absolute atomic E-state index is 14.5. The minimum atomic E-state index is -0.868. The van der Waals surface area contributed by atoms with Gasteiger partial charge in [-0.25, -0.2) is 4.79 Å². The zero-order valence-electron chi connectivity index (χ0n) is 26.1. The van der Waals surface area contributed by atoms with Crippen molar-refractivity contribution in [1.29, 1.82) is 0 Å². The number of esters is 1. The molecule has 3 heterocycles. The van der Waals surface area contributed by atoms with E-state index in [2.05, 4.69) is 11.9 Å². The summed E-state index contributed by atoms with van der Waals surface area (Å²) in [6.45, 7) is 5.93. The van der Waals surface area contributed by atoms with Crippen molar-refractivity contribution in [3.8, 4) is 0 Å². The van der Waals surface area contributed by atoms with E-state index in [1.807, 2.05) is 60.7 Å². The second-order valence-electron chi connectivity index (χ2n) is 12.3. The number of nitrogens with zero attached hydrogens (tertiary/aromatic N) is 3. The van der Waals surface area contributed by atoms with Crippen LogP contribution in [0.3, 0.4) is 0 Å². The summed E-state index contributed by atoms with van der Waals surface area (Å²) in [6.07, 6.45) is 8.11. The first kappa shape index (κ1) is 32.4. The van der Waals surface area contributed by atoms with Crippen LogP contribution in [0.4, 0.5) is 0 Å². The van der Waals surface area contributed by atoms with Gasteiger partial charge in [0.2, 0.25) is 17.7 Å². The average Bonchev–Trinajstić information content (AvgIpc) is 3.59. The molecule has 240 valence electrons. The van der Waals surface area contributed by atoms with E-state index in [1.54, 1.807) is 20.8 Å². The number of piperidine rings is 2. The first-order chi connectivity index (χ1) is 22.0. The molecule has 0 aliphatic carbocycles. The summed E-state index contributed by atoms with van der Waals surface area (Å²) in [6, 6.07) is 16.6. The lowest BCUT2D eigenvalue weighted by Gasteiger charge is -2.42. The van der Waals surface area contributed by atoms with Crippen molar-refractivity contribution in [2.24, 2.45) is 0 Å². The van der Waals surface area contributed by atoms with E-state index in [1.165, 1.54) is 0 Å². The highest BCUT2D eigenvalue weighted by atomic mass is 16.5. The van der Waals surface area contributed by atoms with Crippen molar-refractivity contribution in [1.82, 2.24) is 20.0 Å². The highest BCUT2D eigenvalue weighted by molar-refractivity contribution is 5.95. The largest absolute Gasteiger partial charge is 0.459 e. The fraction of sp³-hybridized carbons (Fsp3) is 0.500. The summed E-state index contributed by atoms with van der Waals surface area (Å²) < 4.78 is 5.66. The van der Waals surface area contributed by atoms with E-state index in [4.69, 9.17) is 4.74 Å². The molecule has 1 N–H and O–H groups in total. The molecular weight excluding hydrogens is 568 g/mol. The van der Waals surface area contributed by atoms with Gasteiger partial charge < -0.3 is 24.8 Å². The number of nitrogens with one attached hydrogen (secondary N) is 1. The predicted octanol–water partition coefficient (Wildman–Crippen LogP) is 3.87. The van der Waals surface area contributed by atoms with Crippen LogP contribution in [0.2, 0.25) is 0 Å². The van der Waals surface area contributed by atoms with Crippen LogP contribution >= 0.6 is 0 Å². The first-order valence-electron chi connectivity index (χ1n) is 16.5. The van der Waals surface area contributed by atoms with E-state index in [0.717, 1.165) is 49.8 Å². The maximum Gasteiger partial charge on any atom is 0.329 e. The summed E-state index contributed by atoms with van der Waals surface area (Å²) in [5, 5.41) is 3.34. The molecule has 9 heteroatoms. The van der Waals surface area contributed by atoms with Crippen LogP contribution in [-0.4, -0.2) is 88.7 Å². The molecule has 3 aliphatic rings. The van der Waals surface area contributed by atoms with Gasteiger partial charge in [-0.15, -0.1) is 6.58 Å². The Labute approximate surface area is 266 Å². The van der Waals surface area contributed by atoms with Gasteiger partial charge in [-0.3, -0.25) is 14.4 Å². The smallest absolute Gasteiger partial charge is 0.329 e. The molecular formula is C36H46N4O5. The number of ether oxygens (including phenoxy) is 1. The Morgan fingerprint density at radius 3 is 2.20 bits per heavy atom. The predicted molar refractivity (Wildman–Crippen MR) is 172 cm³/mol. The Kier molecular flexibility index (Phi) is 11.4. The van der Waals surface area contributed by atoms with Crippen molar-refractivity contribution in [2.45, 2.75) is 88.6 Å². The Bertz CT molecular complexity index is 1310. The number of carbonyl (C=O) groups excluding carboxylic acids is 4. The molecule has 3 saturated heterocycles. The number of hydrogen-bond acceptors (Lipinski definition) is 6. The zero-order chi connectivity index (χ0) is 31.6. The summed E-state index contributed by atoms with van der Waals surface area (Å²) in [7, 11) is 0. The Hall–Kier alpha value is -3.98. The number of carbonyl (C=O) groups is 4. The molecule has 9 nitrogen and oxygen atoms in total. The summed E-state index contributed by atoms with van der Waals surface area (Å²) in [5.74, 6) is -0.988. The highest BCUT2D eigenvalue weighted by Crippen LogP contribution is 2.27. The van der Waals surface area contributed by atoms with Crippen LogP contribution in [0, 0.1) is 0 Å². The van der Waals surface area contributed by atoms with Crippen molar-refractivity contribution in [3.05, 3.63) is 84.4 Å². The lowest BCUT2D eigenvalue weighted by molar-refractivity contribution is -0.159. The zero-order valence-corrected chi connectivity index (χ0v) is 26.1. The monoisotopic (exact) mass is 614 g/mol. The Morgan fingerprint density at radius 2 is 1.51 bits per heavy atom. The molecule has 2 aromatic rings. The normalized spacial score (nSPS) is 22.4. The minimum absolute atomic E-state index is 0.0296. The molecule has 3 fully saturated rings. The Morgan fingerprint density at radius 1 is 0.844 bits per heavy atom. The SMILES string of the molecule is C=CCN(C(=O)[C@@H]1CCCCN1C(=O)[C@H]1CCCCN1)[C@H](Cc1ccccc1)C(=O)N1CCC[C@H]1C(=O)OCc1ccccc1. The van der Waals surface area contributed by atoms with E-state index in [-0.39, 0.29) is 43.3 Å². The molecule has 0 spiro atoms. The second kappa shape index (κ2) is 15.8. The molecule has 3 aliphatic heterocycles. The topological polar surface area (TPSA) is 99.3 Å². The van der Waals surface area contributed by atoms with Crippen LogP contribution in [0.25, 0.3) is 0 Å². The molecule has 0 radical (unpaired) electrons. The third-order valence-electron chi connectivity index (χ3n) is 9.25. The van der Waals surface area contributed by atoms with E-state index >= 15 is 0 Å². The van der Waals surface area contributed by atoms with E-state index < -0.39 is 24.1 Å². The van der Waals surface area contributed by atoms with Crippen molar-refractivity contribution in [2.75, 3.05) is 26.2 Å². The van der Waals surface area contributed by atoms with Gasteiger partial charge in [-0.1, -0.05) is 73.2 Å².